The molecule has 0 fully saturated rings. The van der Waals surface area contributed by atoms with E-state index in [2.05, 4.69) is 109 Å². The van der Waals surface area contributed by atoms with E-state index in [0.717, 1.165) is 28.0 Å². The molecule has 2 heteroatoms. The average molecular weight is 470 g/mol. The SMILES string of the molecule is C=CN=C1C(=C)C=Cc2cccc(-c3ccccc3-c3ccc4sc5ccccc5c4c3)c21.CC. The van der Waals surface area contributed by atoms with Crippen LogP contribution in [0.3, 0.4) is 0 Å². The molecule has 0 saturated heterocycles. The van der Waals surface area contributed by atoms with Crippen molar-refractivity contribution in [3.05, 3.63) is 127 Å². The molecule has 170 valence electrons. The third-order valence-electron chi connectivity index (χ3n) is 6.23. The molecule has 0 radical (unpaired) electrons. The molecule has 0 unspecified atom stereocenters. The zero-order valence-electron chi connectivity index (χ0n) is 20.1. The lowest BCUT2D eigenvalue weighted by Gasteiger charge is -2.21. The molecule has 1 aromatic heterocycles. The van der Waals surface area contributed by atoms with Crippen molar-refractivity contribution in [2.24, 2.45) is 4.99 Å². The number of rotatable bonds is 3. The van der Waals surface area contributed by atoms with Gasteiger partial charge < -0.3 is 0 Å². The molecule has 4 aromatic carbocycles. The molecule has 6 rings (SSSR count). The van der Waals surface area contributed by atoms with Gasteiger partial charge in [-0.2, -0.15) is 0 Å². The largest absolute Gasteiger partial charge is 0.256 e. The van der Waals surface area contributed by atoms with Gasteiger partial charge in [0.2, 0.25) is 0 Å². The quantitative estimate of drug-likeness (QED) is 0.249. The van der Waals surface area contributed by atoms with Crippen LogP contribution in [-0.4, -0.2) is 5.71 Å². The van der Waals surface area contributed by atoms with Crippen LogP contribution < -0.4 is 0 Å². The van der Waals surface area contributed by atoms with Gasteiger partial charge in [0.15, 0.2) is 0 Å². The van der Waals surface area contributed by atoms with Gasteiger partial charge in [-0.1, -0.05) is 106 Å². The van der Waals surface area contributed by atoms with Crippen molar-refractivity contribution in [1.82, 2.24) is 0 Å². The van der Waals surface area contributed by atoms with Crippen LogP contribution in [0.25, 0.3) is 48.5 Å². The second-order valence-electron chi connectivity index (χ2n) is 8.14. The Bertz CT molecular complexity index is 1640. The predicted octanol–water partition coefficient (Wildman–Crippen LogP) is 9.93. The maximum atomic E-state index is 4.59. The molecule has 0 bridgehead atoms. The van der Waals surface area contributed by atoms with Crippen molar-refractivity contribution in [3.8, 4) is 22.3 Å². The number of thiophene rings is 1. The highest BCUT2D eigenvalue weighted by atomic mass is 32.1. The number of allylic oxidation sites excluding steroid dienone is 2. The van der Waals surface area contributed by atoms with Crippen LogP contribution in [0, 0.1) is 0 Å². The van der Waals surface area contributed by atoms with Crippen LogP contribution in [-0.2, 0) is 0 Å². The number of hydrogen-bond donors (Lipinski definition) is 0. The summed E-state index contributed by atoms with van der Waals surface area (Å²) in [4.78, 5) is 4.59. The van der Waals surface area contributed by atoms with Gasteiger partial charge >= 0.3 is 0 Å². The van der Waals surface area contributed by atoms with Gasteiger partial charge in [-0.05, 0) is 51.6 Å². The van der Waals surface area contributed by atoms with Crippen molar-refractivity contribution < 1.29 is 0 Å². The third kappa shape index (κ3) is 3.96. The van der Waals surface area contributed by atoms with E-state index in [-0.39, 0.29) is 0 Å². The second-order valence-corrected chi connectivity index (χ2v) is 9.23. The molecule has 0 saturated carbocycles. The van der Waals surface area contributed by atoms with E-state index >= 15 is 0 Å². The van der Waals surface area contributed by atoms with E-state index < -0.39 is 0 Å². The zero-order chi connectivity index (χ0) is 24.4. The molecule has 0 atom stereocenters. The molecule has 0 amide bonds. The fraction of sp³-hybridized carbons (Fsp3) is 0.0606. The molecule has 5 aromatic rings. The topological polar surface area (TPSA) is 12.4 Å². The van der Waals surface area contributed by atoms with E-state index in [4.69, 9.17) is 0 Å². The van der Waals surface area contributed by atoms with Crippen molar-refractivity contribution in [3.63, 3.8) is 0 Å². The minimum Gasteiger partial charge on any atom is -0.256 e. The molecule has 0 N–H and O–H groups in total. The fourth-order valence-electron chi connectivity index (χ4n) is 4.73. The lowest BCUT2D eigenvalue weighted by Crippen LogP contribution is -2.10. The highest BCUT2D eigenvalue weighted by Gasteiger charge is 2.21. The highest BCUT2D eigenvalue weighted by Crippen LogP contribution is 2.41. The van der Waals surface area contributed by atoms with E-state index in [0.29, 0.717) is 0 Å². The van der Waals surface area contributed by atoms with Gasteiger partial charge in [0, 0.05) is 31.9 Å². The summed E-state index contributed by atoms with van der Waals surface area (Å²) >= 11 is 1.85. The maximum absolute atomic E-state index is 4.59. The summed E-state index contributed by atoms with van der Waals surface area (Å²) in [6, 6.07) is 30.5. The molecule has 1 heterocycles. The number of aliphatic imine (C=N–C) groups is 1. The number of hydrogen-bond acceptors (Lipinski definition) is 2. The van der Waals surface area contributed by atoms with Gasteiger partial charge in [0.25, 0.3) is 0 Å². The van der Waals surface area contributed by atoms with Crippen LogP contribution in [0.1, 0.15) is 25.0 Å². The third-order valence-corrected chi connectivity index (χ3v) is 7.38. The molecule has 35 heavy (non-hydrogen) atoms. The van der Waals surface area contributed by atoms with Crippen LogP contribution >= 0.6 is 11.3 Å². The van der Waals surface area contributed by atoms with Crippen molar-refractivity contribution in [2.45, 2.75) is 13.8 Å². The van der Waals surface area contributed by atoms with Crippen LogP contribution in [0.4, 0.5) is 0 Å². The summed E-state index contributed by atoms with van der Waals surface area (Å²) in [6.45, 7) is 12.0. The first-order valence-corrected chi connectivity index (χ1v) is 12.8. The molecule has 0 aliphatic heterocycles. The summed E-state index contributed by atoms with van der Waals surface area (Å²) in [7, 11) is 0. The Morgan fingerprint density at radius 1 is 0.714 bits per heavy atom. The Hall–Kier alpha value is -4.01. The van der Waals surface area contributed by atoms with Crippen LogP contribution in [0.15, 0.2) is 121 Å². The predicted molar refractivity (Wildman–Crippen MR) is 156 cm³/mol. The fourth-order valence-corrected chi connectivity index (χ4v) is 5.82. The van der Waals surface area contributed by atoms with Crippen molar-refractivity contribution in [1.29, 1.82) is 0 Å². The second kappa shape index (κ2) is 9.69. The Labute approximate surface area is 211 Å². The summed E-state index contributed by atoms with van der Waals surface area (Å²) in [5.74, 6) is 0. The lowest BCUT2D eigenvalue weighted by molar-refractivity contribution is 1.48. The molecule has 1 aliphatic rings. The Morgan fingerprint density at radius 3 is 2.26 bits per heavy atom. The van der Waals surface area contributed by atoms with Crippen LogP contribution in [0.5, 0.6) is 0 Å². The summed E-state index contributed by atoms with van der Waals surface area (Å²) in [6.07, 6.45) is 5.74. The molecule has 1 aliphatic carbocycles. The normalized spacial score (nSPS) is 13.5. The first-order valence-electron chi connectivity index (χ1n) is 11.9. The van der Waals surface area contributed by atoms with Crippen LogP contribution in [0.2, 0.25) is 0 Å². The van der Waals surface area contributed by atoms with Gasteiger partial charge in [0.1, 0.15) is 0 Å². The Balaban J connectivity index is 0.00000124. The minimum atomic E-state index is 0.882. The maximum Gasteiger partial charge on any atom is 0.0780 e. The summed E-state index contributed by atoms with van der Waals surface area (Å²) in [5, 5.41) is 2.62. The van der Waals surface area contributed by atoms with E-state index in [9.17, 15) is 0 Å². The van der Waals surface area contributed by atoms with E-state index in [1.807, 2.05) is 31.3 Å². The average Bonchev–Trinajstić information content (AvgIpc) is 3.29. The number of nitrogens with zero attached hydrogens (tertiary/aromatic N) is 1. The van der Waals surface area contributed by atoms with Gasteiger partial charge in [-0.25, -0.2) is 0 Å². The number of benzene rings is 4. The first-order chi connectivity index (χ1) is 17.2. The molecule has 0 spiro atoms. The molecule has 1 nitrogen and oxygen atoms in total. The Morgan fingerprint density at radius 2 is 1.43 bits per heavy atom. The van der Waals surface area contributed by atoms with Gasteiger partial charge in [-0.3, -0.25) is 4.99 Å². The lowest BCUT2D eigenvalue weighted by atomic mass is 9.84. The minimum absolute atomic E-state index is 0.882. The summed E-state index contributed by atoms with van der Waals surface area (Å²) in [5.41, 5.74) is 8.81. The smallest absolute Gasteiger partial charge is 0.0780 e. The van der Waals surface area contributed by atoms with E-state index in [1.165, 1.54) is 36.9 Å². The van der Waals surface area contributed by atoms with Crippen molar-refractivity contribution in [2.75, 3.05) is 0 Å². The van der Waals surface area contributed by atoms with Crippen molar-refractivity contribution >= 4 is 43.3 Å². The standard InChI is InChI=1S/C31H21NS.C2H6/c1-3-32-31-20(2)15-16-21-9-8-13-26(30(21)31)24-11-5-4-10-23(24)22-17-18-29-27(19-22)25-12-6-7-14-28(25)33-29;1-2/h3-19H,1-2H2;1-2H3. The molecular formula is C33H27NS. The molecular weight excluding hydrogens is 442 g/mol. The van der Waals surface area contributed by atoms with Gasteiger partial charge in [-0.15, -0.1) is 11.3 Å². The monoisotopic (exact) mass is 469 g/mol. The Kier molecular flexibility index (Phi) is 6.31. The zero-order valence-corrected chi connectivity index (χ0v) is 20.9. The van der Waals surface area contributed by atoms with Gasteiger partial charge in [0.05, 0.1) is 5.71 Å². The number of fused-ring (bicyclic) bond motifs is 4. The first kappa shape index (κ1) is 22.8. The van der Waals surface area contributed by atoms with E-state index in [1.54, 1.807) is 6.20 Å². The highest BCUT2D eigenvalue weighted by molar-refractivity contribution is 7.25. The summed E-state index contributed by atoms with van der Waals surface area (Å²) < 4.78 is 2.64.